The fourth-order valence-corrected chi connectivity index (χ4v) is 1.72. The van der Waals surface area contributed by atoms with E-state index in [0.29, 0.717) is 13.2 Å². The number of fused-ring (bicyclic) bond motifs is 1. The van der Waals surface area contributed by atoms with Gasteiger partial charge >= 0.3 is 0 Å². The highest BCUT2D eigenvalue weighted by Crippen LogP contribution is 2.25. The van der Waals surface area contributed by atoms with Gasteiger partial charge in [0.25, 0.3) is 0 Å². The number of hydrogen-bond acceptors (Lipinski definition) is 2. The minimum Gasteiger partial charge on any atom is -0.494 e. The maximum atomic E-state index is 5.69. The number of ether oxygens (including phenoxy) is 1. The lowest BCUT2D eigenvalue weighted by Crippen LogP contribution is -2.02. The third-order valence-electron chi connectivity index (χ3n) is 2.45. The van der Waals surface area contributed by atoms with E-state index in [1.165, 1.54) is 10.8 Å². The van der Waals surface area contributed by atoms with E-state index in [0.717, 1.165) is 11.3 Å². The average Bonchev–Trinajstić information content (AvgIpc) is 2.28. The lowest BCUT2D eigenvalue weighted by atomic mass is 10.1. The van der Waals surface area contributed by atoms with Crippen molar-refractivity contribution in [1.82, 2.24) is 0 Å². The summed E-state index contributed by atoms with van der Waals surface area (Å²) in [7, 11) is 0. The summed E-state index contributed by atoms with van der Waals surface area (Å²) in [6, 6.07) is 12.4. The van der Waals surface area contributed by atoms with Crippen LogP contribution in [-0.4, -0.2) is 6.61 Å². The highest BCUT2D eigenvalue weighted by molar-refractivity contribution is 5.84. The maximum Gasteiger partial charge on any atom is 0.124 e. The summed E-state index contributed by atoms with van der Waals surface area (Å²) in [6.45, 7) is 3.17. The van der Waals surface area contributed by atoms with E-state index >= 15 is 0 Å². The van der Waals surface area contributed by atoms with E-state index in [2.05, 4.69) is 24.3 Å². The van der Waals surface area contributed by atoms with Gasteiger partial charge < -0.3 is 10.5 Å². The van der Waals surface area contributed by atoms with Gasteiger partial charge in [-0.1, -0.05) is 24.3 Å². The molecule has 0 aliphatic rings. The van der Waals surface area contributed by atoms with Crippen LogP contribution in [0.2, 0.25) is 0 Å². The predicted octanol–water partition coefficient (Wildman–Crippen LogP) is 2.70. The number of rotatable bonds is 3. The second-order valence-corrected chi connectivity index (χ2v) is 3.44. The first-order valence-corrected chi connectivity index (χ1v) is 5.19. The zero-order valence-corrected chi connectivity index (χ0v) is 8.86. The molecule has 0 fully saturated rings. The molecule has 0 heterocycles. The summed E-state index contributed by atoms with van der Waals surface area (Å²) in [5.41, 5.74) is 6.76. The van der Waals surface area contributed by atoms with Crippen LogP contribution in [0.5, 0.6) is 5.75 Å². The Kier molecular flexibility index (Phi) is 2.88. The SMILES string of the molecule is CCOc1cc2ccccc2cc1CN. The minimum absolute atomic E-state index is 0.514. The van der Waals surface area contributed by atoms with E-state index < -0.39 is 0 Å². The fraction of sp³-hybridized carbons (Fsp3) is 0.231. The first kappa shape index (κ1) is 9.99. The number of benzene rings is 2. The van der Waals surface area contributed by atoms with E-state index in [1.54, 1.807) is 0 Å². The normalized spacial score (nSPS) is 10.5. The minimum atomic E-state index is 0.514. The standard InChI is InChI=1S/C13H15NO/c1-2-15-13-8-11-6-4-3-5-10(11)7-12(13)9-14/h3-8H,2,9,14H2,1H3. The van der Waals surface area contributed by atoms with Crippen LogP contribution in [0.25, 0.3) is 10.8 Å². The van der Waals surface area contributed by atoms with Gasteiger partial charge in [-0.15, -0.1) is 0 Å². The van der Waals surface area contributed by atoms with Crippen molar-refractivity contribution in [2.75, 3.05) is 6.61 Å². The maximum absolute atomic E-state index is 5.69. The molecule has 2 N–H and O–H groups in total. The second kappa shape index (κ2) is 4.32. The van der Waals surface area contributed by atoms with Crippen LogP contribution in [0.3, 0.4) is 0 Å². The van der Waals surface area contributed by atoms with Crippen molar-refractivity contribution in [2.45, 2.75) is 13.5 Å². The van der Waals surface area contributed by atoms with Crippen molar-refractivity contribution in [1.29, 1.82) is 0 Å². The molecule has 2 aromatic carbocycles. The van der Waals surface area contributed by atoms with Crippen LogP contribution < -0.4 is 10.5 Å². The van der Waals surface area contributed by atoms with E-state index in [1.807, 2.05) is 19.1 Å². The summed E-state index contributed by atoms with van der Waals surface area (Å²) in [4.78, 5) is 0. The van der Waals surface area contributed by atoms with Crippen LogP contribution in [0.1, 0.15) is 12.5 Å². The van der Waals surface area contributed by atoms with Crippen molar-refractivity contribution < 1.29 is 4.74 Å². The molecule has 0 bridgehead atoms. The van der Waals surface area contributed by atoms with Gasteiger partial charge in [0.1, 0.15) is 5.75 Å². The molecule has 0 saturated carbocycles. The molecule has 0 aliphatic heterocycles. The third kappa shape index (κ3) is 1.95. The van der Waals surface area contributed by atoms with E-state index in [9.17, 15) is 0 Å². The molecular formula is C13H15NO. The van der Waals surface area contributed by atoms with Crippen LogP contribution in [0.15, 0.2) is 36.4 Å². The van der Waals surface area contributed by atoms with Crippen molar-refractivity contribution in [3.8, 4) is 5.75 Å². The summed E-state index contributed by atoms with van der Waals surface area (Å²) in [5, 5.41) is 2.40. The first-order valence-electron chi connectivity index (χ1n) is 5.19. The fourth-order valence-electron chi connectivity index (χ4n) is 1.72. The van der Waals surface area contributed by atoms with Crippen molar-refractivity contribution in [3.05, 3.63) is 42.0 Å². The molecule has 15 heavy (non-hydrogen) atoms. The largest absolute Gasteiger partial charge is 0.494 e. The molecule has 78 valence electrons. The molecular weight excluding hydrogens is 186 g/mol. The summed E-state index contributed by atoms with van der Waals surface area (Å²) in [6.07, 6.45) is 0. The van der Waals surface area contributed by atoms with Crippen LogP contribution in [0.4, 0.5) is 0 Å². The van der Waals surface area contributed by atoms with Crippen molar-refractivity contribution in [3.63, 3.8) is 0 Å². The Morgan fingerprint density at radius 1 is 1.13 bits per heavy atom. The Morgan fingerprint density at radius 3 is 2.40 bits per heavy atom. The number of hydrogen-bond donors (Lipinski definition) is 1. The second-order valence-electron chi connectivity index (χ2n) is 3.44. The molecule has 0 aromatic heterocycles. The molecule has 0 saturated heterocycles. The highest BCUT2D eigenvalue weighted by Gasteiger charge is 2.03. The molecule has 0 amide bonds. The molecule has 0 spiro atoms. The van der Waals surface area contributed by atoms with Crippen molar-refractivity contribution >= 4 is 10.8 Å². The quantitative estimate of drug-likeness (QED) is 0.828. The summed E-state index contributed by atoms with van der Waals surface area (Å²) < 4.78 is 5.56. The zero-order valence-electron chi connectivity index (χ0n) is 8.86. The molecule has 0 radical (unpaired) electrons. The van der Waals surface area contributed by atoms with Gasteiger partial charge in [-0.3, -0.25) is 0 Å². The lowest BCUT2D eigenvalue weighted by Gasteiger charge is -2.10. The van der Waals surface area contributed by atoms with Crippen molar-refractivity contribution in [2.24, 2.45) is 5.73 Å². The Hall–Kier alpha value is -1.54. The van der Waals surface area contributed by atoms with Gasteiger partial charge in [-0.25, -0.2) is 0 Å². The number of nitrogens with two attached hydrogens (primary N) is 1. The topological polar surface area (TPSA) is 35.2 Å². The summed E-state index contributed by atoms with van der Waals surface area (Å²) in [5.74, 6) is 0.902. The molecule has 0 unspecified atom stereocenters. The van der Waals surface area contributed by atoms with Gasteiger partial charge in [0, 0.05) is 12.1 Å². The molecule has 0 aliphatic carbocycles. The van der Waals surface area contributed by atoms with Gasteiger partial charge in [-0.05, 0) is 29.8 Å². The average molecular weight is 201 g/mol. The molecule has 0 atom stereocenters. The smallest absolute Gasteiger partial charge is 0.124 e. The third-order valence-corrected chi connectivity index (χ3v) is 2.45. The Labute approximate surface area is 89.7 Å². The molecule has 2 nitrogen and oxygen atoms in total. The lowest BCUT2D eigenvalue weighted by molar-refractivity contribution is 0.337. The van der Waals surface area contributed by atoms with Crippen LogP contribution in [0, 0.1) is 0 Å². The summed E-state index contributed by atoms with van der Waals surface area (Å²) >= 11 is 0. The Morgan fingerprint density at radius 2 is 1.80 bits per heavy atom. The predicted molar refractivity (Wildman–Crippen MR) is 63.0 cm³/mol. The highest BCUT2D eigenvalue weighted by atomic mass is 16.5. The monoisotopic (exact) mass is 201 g/mol. The van der Waals surface area contributed by atoms with Crippen LogP contribution >= 0.6 is 0 Å². The van der Waals surface area contributed by atoms with E-state index in [-0.39, 0.29) is 0 Å². The Bertz CT molecular complexity index is 465. The molecule has 2 heteroatoms. The van der Waals surface area contributed by atoms with Crippen LogP contribution in [-0.2, 0) is 6.54 Å². The van der Waals surface area contributed by atoms with Gasteiger partial charge in [0.05, 0.1) is 6.61 Å². The zero-order chi connectivity index (χ0) is 10.7. The van der Waals surface area contributed by atoms with Gasteiger partial charge in [-0.2, -0.15) is 0 Å². The first-order chi connectivity index (χ1) is 7.35. The molecule has 2 aromatic rings. The van der Waals surface area contributed by atoms with Gasteiger partial charge in [0.2, 0.25) is 0 Å². The molecule has 2 rings (SSSR count). The Balaban J connectivity index is 2.58. The van der Waals surface area contributed by atoms with E-state index in [4.69, 9.17) is 10.5 Å². The van der Waals surface area contributed by atoms with Gasteiger partial charge in [0.15, 0.2) is 0 Å².